The minimum atomic E-state index is -2.42. The van der Waals surface area contributed by atoms with Crippen molar-refractivity contribution in [2.75, 3.05) is 13.2 Å². The molecule has 0 N–H and O–H groups in total. The van der Waals surface area contributed by atoms with Crippen LogP contribution in [0.3, 0.4) is 0 Å². The first-order valence-corrected chi connectivity index (χ1v) is 25.5. The van der Waals surface area contributed by atoms with E-state index in [1.54, 1.807) is 6.08 Å². The number of ether oxygens (including phenoxy) is 2. The van der Waals surface area contributed by atoms with Crippen LogP contribution < -0.4 is 0 Å². The molecule has 0 spiro atoms. The van der Waals surface area contributed by atoms with Gasteiger partial charge in [-0.2, -0.15) is 0 Å². The summed E-state index contributed by atoms with van der Waals surface area (Å²) >= 11 is -2.42. The van der Waals surface area contributed by atoms with Crippen LogP contribution >= 0.6 is 0 Å². The molecule has 254 valence electrons. The Kier molecular flexibility index (Phi) is 33.9. The maximum absolute atomic E-state index is 13.3. The second-order valence-corrected chi connectivity index (χ2v) is 22.0. The number of esters is 2. The fourth-order valence-corrected chi connectivity index (χ4v) is 15.8. The van der Waals surface area contributed by atoms with Crippen molar-refractivity contribution in [1.82, 2.24) is 0 Å². The van der Waals surface area contributed by atoms with E-state index in [9.17, 15) is 9.59 Å². The molecule has 0 radical (unpaired) electrons. The van der Waals surface area contributed by atoms with Crippen LogP contribution in [0.25, 0.3) is 0 Å². The van der Waals surface area contributed by atoms with Crippen LogP contribution in [0.1, 0.15) is 195 Å². The molecule has 0 aromatic heterocycles. The molecule has 0 aromatic rings. The quantitative estimate of drug-likeness (QED) is 0.0294. The van der Waals surface area contributed by atoms with Gasteiger partial charge in [0.25, 0.3) is 0 Å². The number of carbonyl (C=O) groups is 2. The van der Waals surface area contributed by atoms with E-state index in [2.05, 4.69) is 27.7 Å². The van der Waals surface area contributed by atoms with Gasteiger partial charge in [0, 0.05) is 0 Å². The molecule has 0 bridgehead atoms. The van der Waals surface area contributed by atoms with Crippen molar-refractivity contribution >= 4 is 31.7 Å². The molecule has 0 fully saturated rings. The SMILES string of the molecule is CCCCCCCCCCCCCOC(=O)/C=[C](\C(=O)OCCCCCCCCCCCCC)[SnH]([CH2]CCC)[CH2]CCC. The fourth-order valence-electron chi connectivity index (χ4n) is 5.82. The second kappa shape index (κ2) is 34.4. The molecule has 43 heavy (non-hydrogen) atoms. The Hall–Kier alpha value is -0.521. The predicted molar refractivity (Wildman–Crippen MR) is 190 cm³/mol. The Morgan fingerprint density at radius 2 is 0.767 bits per heavy atom. The zero-order valence-corrected chi connectivity index (χ0v) is 32.8. The van der Waals surface area contributed by atoms with E-state index in [0.29, 0.717) is 13.2 Å². The van der Waals surface area contributed by atoms with Crippen molar-refractivity contribution in [2.45, 2.75) is 204 Å². The number of unbranched alkanes of at least 4 members (excludes halogenated alkanes) is 22. The standard InChI is InChI=1S/C30H55O4.2C4H9.Sn.H/c1-3-5-7-9-11-13-15-17-19-21-23-27-33-29(31)25-26-30(32)34-28-24-22-20-18-16-14-12-10-8-6-4-2;2*1-3-4-2;;/h25H,3-24,27-28H2,1-2H3;2*1,3-4H2,2H3;;. The zero-order valence-electron chi connectivity index (χ0n) is 29.5. The van der Waals surface area contributed by atoms with E-state index in [4.69, 9.17) is 9.47 Å². The summed E-state index contributed by atoms with van der Waals surface area (Å²) in [4.78, 5) is 26.1. The van der Waals surface area contributed by atoms with Gasteiger partial charge in [-0.3, -0.25) is 0 Å². The molecule has 0 atom stereocenters. The summed E-state index contributed by atoms with van der Waals surface area (Å²) in [5.41, 5.74) is 0. The first kappa shape index (κ1) is 42.5. The number of rotatable bonds is 33. The van der Waals surface area contributed by atoms with Crippen molar-refractivity contribution in [3.05, 3.63) is 9.67 Å². The molecule has 0 rings (SSSR count). The average molecular weight is 714 g/mol. The van der Waals surface area contributed by atoms with Crippen LogP contribution in [0.2, 0.25) is 8.87 Å². The van der Waals surface area contributed by atoms with Crippen LogP contribution in [0, 0.1) is 0 Å². The molecule has 0 aromatic carbocycles. The van der Waals surface area contributed by atoms with Crippen LogP contribution in [-0.2, 0) is 19.1 Å². The van der Waals surface area contributed by atoms with Gasteiger partial charge in [0.05, 0.1) is 0 Å². The predicted octanol–water partition coefficient (Wildman–Crippen LogP) is 12.0. The van der Waals surface area contributed by atoms with Crippen molar-refractivity contribution in [3.63, 3.8) is 0 Å². The summed E-state index contributed by atoms with van der Waals surface area (Å²) in [5, 5.41) is 0. The van der Waals surface area contributed by atoms with Gasteiger partial charge in [0.2, 0.25) is 0 Å². The van der Waals surface area contributed by atoms with E-state index in [-0.39, 0.29) is 11.9 Å². The normalized spacial score (nSPS) is 11.8. The van der Waals surface area contributed by atoms with Gasteiger partial charge in [-0.15, -0.1) is 0 Å². The molecule has 0 amide bonds. The molecule has 0 heterocycles. The van der Waals surface area contributed by atoms with E-state index < -0.39 is 19.8 Å². The van der Waals surface area contributed by atoms with Gasteiger partial charge in [0.1, 0.15) is 0 Å². The summed E-state index contributed by atoms with van der Waals surface area (Å²) in [6, 6.07) is 0. The zero-order chi connectivity index (χ0) is 31.6. The van der Waals surface area contributed by atoms with Crippen molar-refractivity contribution in [1.29, 1.82) is 0 Å². The van der Waals surface area contributed by atoms with Gasteiger partial charge in [-0.1, -0.05) is 58.8 Å². The number of carbonyl (C=O) groups excluding carboxylic acids is 2. The van der Waals surface area contributed by atoms with Crippen LogP contribution in [0.15, 0.2) is 9.67 Å². The Labute approximate surface area is 276 Å². The summed E-state index contributed by atoms with van der Waals surface area (Å²) in [5.74, 6) is -0.546. The van der Waals surface area contributed by atoms with Crippen molar-refractivity contribution < 1.29 is 19.1 Å². The monoisotopic (exact) mass is 714 g/mol. The Bertz CT molecular complexity index is 640. The van der Waals surface area contributed by atoms with Crippen LogP contribution in [-0.4, -0.2) is 44.9 Å². The first-order chi connectivity index (χ1) is 21.1. The molecular weight excluding hydrogens is 639 g/mol. The molecule has 0 saturated carbocycles. The van der Waals surface area contributed by atoms with Crippen LogP contribution in [0.5, 0.6) is 0 Å². The van der Waals surface area contributed by atoms with E-state index in [1.807, 2.05) is 0 Å². The van der Waals surface area contributed by atoms with Gasteiger partial charge in [0.15, 0.2) is 0 Å². The number of hydrogen-bond acceptors (Lipinski definition) is 4. The third kappa shape index (κ3) is 28.7. The second-order valence-electron chi connectivity index (χ2n) is 13.0. The molecule has 0 aliphatic heterocycles. The van der Waals surface area contributed by atoms with Crippen molar-refractivity contribution in [3.8, 4) is 0 Å². The summed E-state index contributed by atoms with van der Waals surface area (Å²) in [6.45, 7) is 9.88. The Morgan fingerprint density at radius 1 is 0.442 bits per heavy atom. The molecular formula is C38H74O4Sn. The van der Waals surface area contributed by atoms with Crippen LogP contribution in [0.4, 0.5) is 0 Å². The summed E-state index contributed by atoms with van der Waals surface area (Å²) in [6.07, 6.45) is 34.1. The van der Waals surface area contributed by atoms with Gasteiger partial charge < -0.3 is 0 Å². The third-order valence-corrected chi connectivity index (χ3v) is 18.7. The van der Waals surface area contributed by atoms with Gasteiger partial charge in [-0.25, -0.2) is 0 Å². The summed E-state index contributed by atoms with van der Waals surface area (Å²) < 4.78 is 14.4. The third-order valence-electron chi connectivity index (χ3n) is 8.73. The molecule has 0 saturated heterocycles. The molecule has 5 heteroatoms. The minimum absolute atomic E-state index is 0.216. The topological polar surface area (TPSA) is 52.6 Å². The van der Waals surface area contributed by atoms with Crippen molar-refractivity contribution in [2.24, 2.45) is 0 Å². The van der Waals surface area contributed by atoms with E-state index in [1.165, 1.54) is 116 Å². The van der Waals surface area contributed by atoms with E-state index >= 15 is 0 Å². The van der Waals surface area contributed by atoms with Gasteiger partial charge in [-0.05, 0) is 0 Å². The fraction of sp³-hybridized carbons (Fsp3) is 0.895. The average Bonchev–Trinajstić information content (AvgIpc) is 3.01. The van der Waals surface area contributed by atoms with Gasteiger partial charge >= 0.3 is 218 Å². The Balaban J connectivity index is 4.50. The van der Waals surface area contributed by atoms with E-state index in [0.717, 1.165) is 63.8 Å². The molecule has 0 unspecified atom stereocenters. The summed E-state index contributed by atoms with van der Waals surface area (Å²) in [7, 11) is 0. The molecule has 4 nitrogen and oxygen atoms in total. The molecule has 0 aliphatic rings. The maximum atomic E-state index is 13.3. The molecule has 0 aliphatic carbocycles. The Morgan fingerprint density at radius 3 is 1.14 bits per heavy atom. The number of hydrogen-bond donors (Lipinski definition) is 0. The first-order valence-electron chi connectivity index (χ1n) is 19.2.